The first-order valence-corrected chi connectivity index (χ1v) is 8.14. The van der Waals surface area contributed by atoms with E-state index in [-0.39, 0.29) is 17.8 Å². The summed E-state index contributed by atoms with van der Waals surface area (Å²) in [4.78, 5) is 0.339. The predicted molar refractivity (Wildman–Crippen MR) is 78.1 cm³/mol. The van der Waals surface area contributed by atoms with Gasteiger partial charge in [0.15, 0.2) is 9.84 Å². The van der Waals surface area contributed by atoms with Crippen LogP contribution < -0.4 is 5.32 Å². The number of hydrogen-bond donors (Lipinski definition) is 2. The molecule has 1 aromatic carbocycles. The standard InChI is InChI=1S/C14H23NO3S/c1-4-9-19(17,18)13-8-6-5-7-12(13)15-10-14(2,3)11-16/h5-8,15-16H,4,9-11H2,1-3H3. The summed E-state index contributed by atoms with van der Waals surface area (Å²) in [6, 6.07) is 6.92. The van der Waals surface area contributed by atoms with Gasteiger partial charge in [-0.15, -0.1) is 0 Å². The van der Waals surface area contributed by atoms with Gasteiger partial charge in [0.25, 0.3) is 0 Å². The van der Waals surface area contributed by atoms with E-state index in [9.17, 15) is 13.5 Å². The molecule has 0 aliphatic rings. The Morgan fingerprint density at radius 2 is 1.89 bits per heavy atom. The summed E-state index contributed by atoms with van der Waals surface area (Å²) in [7, 11) is -3.24. The smallest absolute Gasteiger partial charge is 0.180 e. The highest BCUT2D eigenvalue weighted by Gasteiger charge is 2.20. The number of aliphatic hydroxyl groups excluding tert-OH is 1. The average Bonchev–Trinajstić information content (AvgIpc) is 2.37. The molecule has 2 N–H and O–H groups in total. The second kappa shape index (κ2) is 6.39. The number of aliphatic hydroxyl groups is 1. The summed E-state index contributed by atoms with van der Waals surface area (Å²) in [5.41, 5.74) is 0.319. The van der Waals surface area contributed by atoms with Crippen LogP contribution in [0.5, 0.6) is 0 Å². The van der Waals surface area contributed by atoms with Crippen molar-refractivity contribution in [1.29, 1.82) is 0 Å². The van der Waals surface area contributed by atoms with Gasteiger partial charge >= 0.3 is 0 Å². The fraction of sp³-hybridized carbons (Fsp3) is 0.571. The Morgan fingerprint density at radius 1 is 1.26 bits per heavy atom. The van der Waals surface area contributed by atoms with Gasteiger partial charge in [-0.2, -0.15) is 0 Å². The first-order chi connectivity index (χ1) is 8.82. The fourth-order valence-electron chi connectivity index (χ4n) is 1.65. The van der Waals surface area contributed by atoms with Crippen molar-refractivity contribution in [3.63, 3.8) is 0 Å². The van der Waals surface area contributed by atoms with Crippen molar-refractivity contribution in [3.05, 3.63) is 24.3 Å². The summed E-state index contributed by atoms with van der Waals surface area (Å²) < 4.78 is 24.3. The minimum Gasteiger partial charge on any atom is -0.396 e. The third kappa shape index (κ3) is 4.51. The zero-order valence-electron chi connectivity index (χ0n) is 11.8. The molecule has 0 bridgehead atoms. The summed E-state index contributed by atoms with van der Waals surface area (Å²) in [6.07, 6.45) is 0.596. The van der Waals surface area contributed by atoms with E-state index < -0.39 is 9.84 Å². The molecule has 0 fully saturated rings. The maximum atomic E-state index is 12.2. The summed E-state index contributed by atoms with van der Waals surface area (Å²) in [5.74, 6) is 0.148. The second-order valence-electron chi connectivity index (χ2n) is 5.49. The molecule has 108 valence electrons. The van der Waals surface area contributed by atoms with Gasteiger partial charge in [0.1, 0.15) is 0 Å². The lowest BCUT2D eigenvalue weighted by Gasteiger charge is -2.23. The summed E-state index contributed by atoms with van der Waals surface area (Å²) in [6.45, 7) is 6.25. The molecule has 1 aromatic rings. The van der Waals surface area contributed by atoms with Crippen molar-refractivity contribution in [2.45, 2.75) is 32.1 Å². The summed E-state index contributed by atoms with van der Waals surface area (Å²) in [5, 5.41) is 12.4. The molecule has 1 rings (SSSR count). The number of hydrogen-bond acceptors (Lipinski definition) is 4. The Kier molecular flexibility index (Phi) is 5.38. The summed E-state index contributed by atoms with van der Waals surface area (Å²) >= 11 is 0. The Labute approximate surface area is 115 Å². The number of rotatable bonds is 7. The van der Waals surface area contributed by atoms with Crippen LogP contribution in [0.1, 0.15) is 27.2 Å². The van der Waals surface area contributed by atoms with Crippen molar-refractivity contribution < 1.29 is 13.5 Å². The Hall–Kier alpha value is -1.07. The molecule has 4 nitrogen and oxygen atoms in total. The second-order valence-corrected chi connectivity index (χ2v) is 7.57. The number of nitrogens with one attached hydrogen (secondary N) is 1. The molecule has 0 saturated heterocycles. The third-order valence-corrected chi connectivity index (χ3v) is 4.85. The highest BCUT2D eigenvalue weighted by Crippen LogP contribution is 2.24. The molecule has 0 unspecified atom stereocenters. The van der Waals surface area contributed by atoms with Crippen LogP contribution >= 0.6 is 0 Å². The van der Waals surface area contributed by atoms with Gasteiger partial charge in [-0.25, -0.2) is 8.42 Å². The van der Waals surface area contributed by atoms with E-state index in [4.69, 9.17) is 0 Å². The van der Waals surface area contributed by atoms with Crippen LogP contribution in [0.15, 0.2) is 29.2 Å². The lowest BCUT2D eigenvalue weighted by molar-refractivity contribution is 0.171. The van der Waals surface area contributed by atoms with Gasteiger partial charge < -0.3 is 10.4 Å². The molecule has 0 heterocycles. The molecule has 0 aromatic heterocycles. The zero-order chi connectivity index (χ0) is 14.5. The van der Waals surface area contributed by atoms with Crippen LogP contribution in [-0.4, -0.2) is 32.4 Å². The predicted octanol–water partition coefficient (Wildman–Crippen LogP) is 2.30. The van der Waals surface area contributed by atoms with Crippen molar-refractivity contribution in [1.82, 2.24) is 0 Å². The van der Waals surface area contributed by atoms with E-state index in [1.807, 2.05) is 20.8 Å². The van der Waals surface area contributed by atoms with E-state index in [0.29, 0.717) is 23.5 Å². The molecule has 0 aliphatic heterocycles. The first-order valence-electron chi connectivity index (χ1n) is 6.49. The minimum absolute atomic E-state index is 0.0455. The first kappa shape index (κ1) is 16.0. The zero-order valence-corrected chi connectivity index (χ0v) is 12.6. The van der Waals surface area contributed by atoms with Crippen LogP contribution in [0.3, 0.4) is 0 Å². The fourth-order valence-corrected chi connectivity index (χ4v) is 3.17. The van der Waals surface area contributed by atoms with Crippen LogP contribution in [0.25, 0.3) is 0 Å². The van der Waals surface area contributed by atoms with E-state index in [1.54, 1.807) is 24.3 Å². The third-order valence-electron chi connectivity index (χ3n) is 2.88. The Bertz CT molecular complexity index is 509. The van der Waals surface area contributed by atoms with Crippen LogP contribution in [0, 0.1) is 5.41 Å². The van der Waals surface area contributed by atoms with Crippen molar-refractivity contribution in [3.8, 4) is 0 Å². The lowest BCUT2D eigenvalue weighted by Crippen LogP contribution is -2.27. The van der Waals surface area contributed by atoms with Gasteiger partial charge in [-0.1, -0.05) is 32.9 Å². The lowest BCUT2D eigenvalue weighted by atomic mass is 9.95. The number of anilines is 1. The van der Waals surface area contributed by atoms with E-state index in [0.717, 1.165) is 0 Å². The highest BCUT2D eigenvalue weighted by molar-refractivity contribution is 7.91. The van der Waals surface area contributed by atoms with Gasteiger partial charge in [0.05, 0.1) is 16.3 Å². The van der Waals surface area contributed by atoms with Crippen molar-refractivity contribution in [2.75, 3.05) is 24.2 Å². The quantitative estimate of drug-likeness (QED) is 0.806. The monoisotopic (exact) mass is 285 g/mol. The van der Waals surface area contributed by atoms with E-state index >= 15 is 0 Å². The van der Waals surface area contributed by atoms with Gasteiger partial charge in [-0.05, 0) is 18.6 Å². The molecule has 0 atom stereocenters. The van der Waals surface area contributed by atoms with E-state index in [1.165, 1.54) is 0 Å². The molecule has 0 aliphatic carbocycles. The van der Waals surface area contributed by atoms with Crippen molar-refractivity contribution >= 4 is 15.5 Å². The van der Waals surface area contributed by atoms with Crippen molar-refractivity contribution in [2.24, 2.45) is 5.41 Å². The highest BCUT2D eigenvalue weighted by atomic mass is 32.2. The molecule has 0 amide bonds. The molecular formula is C14H23NO3S. The topological polar surface area (TPSA) is 66.4 Å². The normalized spacial score (nSPS) is 12.4. The van der Waals surface area contributed by atoms with Gasteiger partial charge in [0, 0.05) is 18.6 Å². The van der Waals surface area contributed by atoms with Crippen LogP contribution in [0.4, 0.5) is 5.69 Å². The molecular weight excluding hydrogens is 262 g/mol. The largest absolute Gasteiger partial charge is 0.396 e. The minimum atomic E-state index is -3.24. The Morgan fingerprint density at radius 3 is 2.47 bits per heavy atom. The maximum absolute atomic E-state index is 12.2. The Balaban J connectivity index is 2.97. The molecule has 0 saturated carbocycles. The maximum Gasteiger partial charge on any atom is 0.180 e. The SMILES string of the molecule is CCCS(=O)(=O)c1ccccc1NCC(C)(C)CO. The van der Waals surface area contributed by atoms with Gasteiger partial charge in [-0.3, -0.25) is 0 Å². The van der Waals surface area contributed by atoms with Crippen LogP contribution in [-0.2, 0) is 9.84 Å². The number of benzene rings is 1. The number of para-hydroxylation sites is 1. The van der Waals surface area contributed by atoms with Crippen LogP contribution in [0.2, 0.25) is 0 Å². The molecule has 19 heavy (non-hydrogen) atoms. The van der Waals surface area contributed by atoms with Gasteiger partial charge in [0.2, 0.25) is 0 Å². The average molecular weight is 285 g/mol. The van der Waals surface area contributed by atoms with E-state index in [2.05, 4.69) is 5.32 Å². The molecule has 5 heteroatoms. The molecule has 0 spiro atoms. The number of sulfone groups is 1. The molecule has 0 radical (unpaired) electrons.